The Kier molecular flexibility index (Phi) is 1.70. The minimum absolute atomic E-state index is 0.281. The molecular formula is C12H15NO. The van der Waals surface area contributed by atoms with Crippen molar-refractivity contribution in [1.82, 2.24) is 0 Å². The molecule has 1 aromatic carbocycles. The van der Waals surface area contributed by atoms with E-state index in [-0.39, 0.29) is 5.41 Å². The monoisotopic (exact) mass is 189 g/mol. The van der Waals surface area contributed by atoms with Crippen LogP contribution in [0, 0.1) is 5.92 Å². The second kappa shape index (κ2) is 2.81. The van der Waals surface area contributed by atoms with Crippen LogP contribution in [-0.2, 0) is 16.8 Å². The van der Waals surface area contributed by atoms with Gasteiger partial charge < -0.3 is 10.5 Å². The van der Waals surface area contributed by atoms with E-state index in [2.05, 4.69) is 24.3 Å². The maximum atomic E-state index is 5.74. The molecule has 0 amide bonds. The Hall–Kier alpha value is -0.860. The molecule has 2 atom stereocenters. The van der Waals surface area contributed by atoms with Gasteiger partial charge in [0.1, 0.15) is 0 Å². The second-order valence-electron chi connectivity index (χ2n) is 4.44. The van der Waals surface area contributed by atoms with Gasteiger partial charge in [-0.1, -0.05) is 24.3 Å². The molecule has 1 saturated carbocycles. The SMILES string of the molecule is NCC1CC12COCc1ccccc12. The Morgan fingerprint density at radius 1 is 1.43 bits per heavy atom. The maximum Gasteiger partial charge on any atom is 0.0720 e. The zero-order valence-electron chi connectivity index (χ0n) is 8.20. The number of rotatable bonds is 1. The zero-order valence-corrected chi connectivity index (χ0v) is 8.20. The summed E-state index contributed by atoms with van der Waals surface area (Å²) < 4.78 is 5.65. The summed E-state index contributed by atoms with van der Waals surface area (Å²) in [7, 11) is 0. The van der Waals surface area contributed by atoms with Crippen LogP contribution in [0.25, 0.3) is 0 Å². The summed E-state index contributed by atoms with van der Waals surface area (Å²) >= 11 is 0. The van der Waals surface area contributed by atoms with Gasteiger partial charge in [0.25, 0.3) is 0 Å². The standard InChI is InChI=1S/C12H15NO/c13-6-10-5-12(10)8-14-7-9-3-1-2-4-11(9)12/h1-4,10H,5-8,13H2. The third-order valence-electron chi connectivity index (χ3n) is 3.69. The number of nitrogens with two attached hydrogens (primary N) is 1. The number of fused-ring (bicyclic) bond motifs is 2. The zero-order chi connectivity index (χ0) is 9.60. The van der Waals surface area contributed by atoms with Crippen LogP contribution < -0.4 is 5.73 Å². The lowest BCUT2D eigenvalue weighted by molar-refractivity contribution is 0.0795. The van der Waals surface area contributed by atoms with Gasteiger partial charge in [0.15, 0.2) is 0 Å². The Balaban J connectivity index is 2.05. The predicted molar refractivity (Wildman–Crippen MR) is 54.9 cm³/mol. The summed E-state index contributed by atoms with van der Waals surface area (Å²) in [5.41, 5.74) is 8.87. The number of benzene rings is 1. The van der Waals surface area contributed by atoms with Gasteiger partial charge in [-0.3, -0.25) is 0 Å². The molecule has 2 unspecified atom stereocenters. The van der Waals surface area contributed by atoms with E-state index < -0.39 is 0 Å². The van der Waals surface area contributed by atoms with Gasteiger partial charge in [0.2, 0.25) is 0 Å². The smallest absolute Gasteiger partial charge is 0.0720 e. The van der Waals surface area contributed by atoms with Crippen molar-refractivity contribution in [2.24, 2.45) is 11.7 Å². The highest BCUT2D eigenvalue weighted by molar-refractivity contribution is 5.41. The Bertz CT molecular complexity index is 363. The largest absolute Gasteiger partial charge is 0.376 e. The molecule has 74 valence electrons. The second-order valence-corrected chi connectivity index (χ2v) is 4.44. The van der Waals surface area contributed by atoms with Crippen molar-refractivity contribution in [3.05, 3.63) is 35.4 Å². The molecule has 0 aromatic heterocycles. The van der Waals surface area contributed by atoms with Gasteiger partial charge in [-0.15, -0.1) is 0 Å². The average Bonchev–Trinajstić information content (AvgIpc) is 2.94. The molecule has 1 spiro atoms. The maximum absolute atomic E-state index is 5.74. The third-order valence-corrected chi connectivity index (χ3v) is 3.69. The summed E-state index contributed by atoms with van der Waals surface area (Å²) in [6, 6.07) is 8.62. The quantitative estimate of drug-likeness (QED) is 0.725. The minimum Gasteiger partial charge on any atom is -0.376 e. The summed E-state index contributed by atoms with van der Waals surface area (Å²) in [6.07, 6.45) is 1.21. The van der Waals surface area contributed by atoms with Crippen LogP contribution in [0.4, 0.5) is 0 Å². The van der Waals surface area contributed by atoms with Crippen LogP contribution in [0.3, 0.4) is 0 Å². The van der Waals surface area contributed by atoms with Crippen molar-refractivity contribution in [3.63, 3.8) is 0 Å². The van der Waals surface area contributed by atoms with E-state index in [0.29, 0.717) is 5.92 Å². The topological polar surface area (TPSA) is 35.2 Å². The van der Waals surface area contributed by atoms with Gasteiger partial charge in [0.05, 0.1) is 13.2 Å². The van der Waals surface area contributed by atoms with Gasteiger partial charge >= 0.3 is 0 Å². The van der Waals surface area contributed by atoms with Gasteiger partial charge in [-0.25, -0.2) is 0 Å². The highest BCUT2D eigenvalue weighted by atomic mass is 16.5. The fourth-order valence-corrected chi connectivity index (χ4v) is 2.75. The summed E-state index contributed by atoms with van der Waals surface area (Å²) in [5.74, 6) is 0.643. The Labute approximate surface area is 84.1 Å². The normalized spacial score (nSPS) is 34.2. The molecule has 0 radical (unpaired) electrons. The molecule has 1 fully saturated rings. The minimum atomic E-state index is 0.281. The first-order valence-corrected chi connectivity index (χ1v) is 5.23. The van der Waals surface area contributed by atoms with Crippen LogP contribution >= 0.6 is 0 Å². The average molecular weight is 189 g/mol. The number of ether oxygens (including phenoxy) is 1. The van der Waals surface area contributed by atoms with E-state index >= 15 is 0 Å². The predicted octanol–water partition coefficient (Wildman–Crippen LogP) is 1.43. The molecule has 14 heavy (non-hydrogen) atoms. The molecule has 1 aromatic rings. The van der Waals surface area contributed by atoms with E-state index in [1.54, 1.807) is 0 Å². The fraction of sp³-hybridized carbons (Fsp3) is 0.500. The van der Waals surface area contributed by atoms with Gasteiger partial charge in [0, 0.05) is 5.41 Å². The van der Waals surface area contributed by atoms with Crippen LogP contribution in [0.2, 0.25) is 0 Å². The van der Waals surface area contributed by atoms with Crippen molar-refractivity contribution >= 4 is 0 Å². The molecule has 2 aliphatic rings. The van der Waals surface area contributed by atoms with Crippen LogP contribution in [-0.4, -0.2) is 13.2 Å². The molecule has 0 saturated heterocycles. The lowest BCUT2D eigenvalue weighted by Crippen LogP contribution is -2.27. The van der Waals surface area contributed by atoms with Crippen molar-refractivity contribution < 1.29 is 4.74 Å². The summed E-state index contributed by atoms with van der Waals surface area (Å²) in [6.45, 7) is 2.43. The highest BCUT2D eigenvalue weighted by Crippen LogP contribution is 2.56. The lowest BCUT2D eigenvalue weighted by Gasteiger charge is -2.26. The van der Waals surface area contributed by atoms with E-state index in [0.717, 1.165) is 19.8 Å². The number of hydrogen-bond acceptors (Lipinski definition) is 2. The Morgan fingerprint density at radius 2 is 2.29 bits per heavy atom. The van der Waals surface area contributed by atoms with Crippen LogP contribution in [0.15, 0.2) is 24.3 Å². The third kappa shape index (κ3) is 0.983. The van der Waals surface area contributed by atoms with Crippen LogP contribution in [0.1, 0.15) is 17.5 Å². The molecule has 1 aliphatic heterocycles. The molecule has 0 bridgehead atoms. The van der Waals surface area contributed by atoms with Gasteiger partial charge in [-0.2, -0.15) is 0 Å². The van der Waals surface area contributed by atoms with E-state index in [9.17, 15) is 0 Å². The first-order valence-electron chi connectivity index (χ1n) is 5.23. The molecule has 1 aliphatic carbocycles. The fourth-order valence-electron chi connectivity index (χ4n) is 2.75. The van der Waals surface area contributed by atoms with Crippen molar-refractivity contribution in [2.45, 2.75) is 18.4 Å². The first kappa shape index (κ1) is 8.45. The molecule has 1 heterocycles. The summed E-state index contributed by atoms with van der Waals surface area (Å²) in [5, 5.41) is 0. The lowest BCUT2D eigenvalue weighted by atomic mass is 9.88. The molecular weight excluding hydrogens is 174 g/mol. The Morgan fingerprint density at radius 3 is 3.07 bits per heavy atom. The molecule has 2 N–H and O–H groups in total. The first-order chi connectivity index (χ1) is 6.87. The van der Waals surface area contributed by atoms with Crippen molar-refractivity contribution in [2.75, 3.05) is 13.2 Å². The summed E-state index contributed by atoms with van der Waals surface area (Å²) in [4.78, 5) is 0. The van der Waals surface area contributed by atoms with E-state index in [1.807, 2.05) is 0 Å². The van der Waals surface area contributed by atoms with Crippen LogP contribution in [0.5, 0.6) is 0 Å². The molecule has 2 heteroatoms. The highest BCUT2D eigenvalue weighted by Gasteiger charge is 2.56. The number of hydrogen-bond donors (Lipinski definition) is 1. The van der Waals surface area contributed by atoms with Crippen molar-refractivity contribution in [1.29, 1.82) is 0 Å². The van der Waals surface area contributed by atoms with Gasteiger partial charge in [-0.05, 0) is 30.0 Å². The molecule has 3 rings (SSSR count). The van der Waals surface area contributed by atoms with Crippen molar-refractivity contribution in [3.8, 4) is 0 Å². The van der Waals surface area contributed by atoms with E-state index in [1.165, 1.54) is 17.5 Å². The van der Waals surface area contributed by atoms with E-state index in [4.69, 9.17) is 10.5 Å². The molecule has 2 nitrogen and oxygen atoms in total.